The fourth-order valence-electron chi connectivity index (χ4n) is 1.99. The van der Waals surface area contributed by atoms with E-state index in [9.17, 15) is 9.59 Å². The highest BCUT2D eigenvalue weighted by atomic mass is 35.5. The molecule has 132 valence electrons. The number of carbonyl (C=O) groups is 2. The first kappa shape index (κ1) is 18.8. The van der Waals surface area contributed by atoms with Crippen LogP contribution in [0.3, 0.4) is 0 Å². The number of ether oxygens (including phenoxy) is 1. The summed E-state index contributed by atoms with van der Waals surface area (Å²) in [5.41, 5.74) is 1.19. The third-order valence-electron chi connectivity index (χ3n) is 3.43. The van der Waals surface area contributed by atoms with Crippen molar-refractivity contribution in [3.8, 4) is 5.75 Å². The summed E-state index contributed by atoms with van der Waals surface area (Å²) in [7, 11) is 0. The summed E-state index contributed by atoms with van der Waals surface area (Å²) < 4.78 is 5.59. The van der Waals surface area contributed by atoms with Gasteiger partial charge < -0.3 is 15.4 Å². The number of nitrogens with one attached hydrogen (secondary N) is 2. The second-order valence-corrected chi connectivity index (χ2v) is 6.31. The summed E-state index contributed by atoms with van der Waals surface area (Å²) in [5, 5.41) is 6.00. The van der Waals surface area contributed by atoms with E-state index in [1.165, 1.54) is 0 Å². The lowest BCUT2D eigenvalue weighted by Gasteiger charge is -2.16. The van der Waals surface area contributed by atoms with Crippen LogP contribution in [0.2, 0.25) is 5.02 Å². The SMILES string of the molecule is CC(C)C(=O)Nc1cccc(NC(=O)C(C)Oc2ccccc2Cl)c1. The van der Waals surface area contributed by atoms with E-state index < -0.39 is 6.10 Å². The molecule has 0 saturated heterocycles. The molecule has 5 nitrogen and oxygen atoms in total. The summed E-state index contributed by atoms with van der Waals surface area (Å²) in [5.74, 6) is -0.0711. The molecule has 2 amide bonds. The van der Waals surface area contributed by atoms with E-state index in [0.29, 0.717) is 22.1 Å². The predicted octanol–water partition coefficient (Wildman–Crippen LogP) is 4.34. The highest BCUT2D eigenvalue weighted by Gasteiger charge is 2.16. The maximum absolute atomic E-state index is 12.3. The van der Waals surface area contributed by atoms with Gasteiger partial charge in [0.1, 0.15) is 5.75 Å². The Morgan fingerprint density at radius 1 is 0.920 bits per heavy atom. The molecule has 0 heterocycles. The van der Waals surface area contributed by atoms with Crippen molar-refractivity contribution < 1.29 is 14.3 Å². The fourth-order valence-corrected chi connectivity index (χ4v) is 2.17. The van der Waals surface area contributed by atoms with Crippen molar-refractivity contribution in [1.29, 1.82) is 0 Å². The van der Waals surface area contributed by atoms with Crippen LogP contribution in [0.15, 0.2) is 48.5 Å². The third-order valence-corrected chi connectivity index (χ3v) is 3.74. The number of hydrogen-bond donors (Lipinski definition) is 2. The fraction of sp³-hybridized carbons (Fsp3) is 0.263. The zero-order valence-electron chi connectivity index (χ0n) is 14.4. The molecule has 0 aromatic heterocycles. The van der Waals surface area contributed by atoms with Crippen molar-refractivity contribution >= 4 is 34.8 Å². The van der Waals surface area contributed by atoms with E-state index in [-0.39, 0.29) is 17.7 Å². The lowest BCUT2D eigenvalue weighted by molar-refractivity contribution is -0.122. The van der Waals surface area contributed by atoms with Crippen LogP contribution in [0.25, 0.3) is 0 Å². The normalized spacial score (nSPS) is 11.7. The zero-order chi connectivity index (χ0) is 18.4. The topological polar surface area (TPSA) is 67.4 Å². The van der Waals surface area contributed by atoms with E-state index in [4.69, 9.17) is 16.3 Å². The second-order valence-electron chi connectivity index (χ2n) is 5.90. The summed E-state index contributed by atoms with van der Waals surface area (Å²) >= 11 is 6.03. The Bertz CT molecular complexity index is 762. The maximum atomic E-state index is 12.3. The molecule has 0 spiro atoms. The molecule has 0 aliphatic heterocycles. The number of hydrogen-bond acceptors (Lipinski definition) is 3. The number of carbonyl (C=O) groups excluding carboxylic acids is 2. The van der Waals surface area contributed by atoms with Crippen molar-refractivity contribution in [2.75, 3.05) is 10.6 Å². The van der Waals surface area contributed by atoms with E-state index in [1.54, 1.807) is 55.5 Å². The molecule has 2 N–H and O–H groups in total. The Hall–Kier alpha value is -2.53. The molecule has 25 heavy (non-hydrogen) atoms. The molecule has 2 rings (SSSR count). The van der Waals surface area contributed by atoms with Crippen LogP contribution in [0.1, 0.15) is 20.8 Å². The number of anilines is 2. The lowest BCUT2D eigenvalue weighted by atomic mass is 10.2. The Kier molecular flexibility index (Phi) is 6.42. The molecule has 0 fully saturated rings. The van der Waals surface area contributed by atoms with Crippen LogP contribution in [-0.4, -0.2) is 17.9 Å². The molecule has 1 atom stereocenters. The average Bonchev–Trinajstić information content (AvgIpc) is 2.57. The molecule has 2 aromatic rings. The molecule has 0 radical (unpaired) electrons. The summed E-state index contributed by atoms with van der Waals surface area (Å²) in [6.45, 7) is 5.27. The minimum atomic E-state index is -0.728. The third kappa shape index (κ3) is 5.50. The van der Waals surface area contributed by atoms with Gasteiger partial charge >= 0.3 is 0 Å². The first-order valence-electron chi connectivity index (χ1n) is 8.00. The van der Waals surface area contributed by atoms with Gasteiger partial charge in [-0.15, -0.1) is 0 Å². The van der Waals surface area contributed by atoms with Crippen LogP contribution in [-0.2, 0) is 9.59 Å². The Balaban J connectivity index is 2.00. The van der Waals surface area contributed by atoms with Crippen molar-refractivity contribution in [3.63, 3.8) is 0 Å². The zero-order valence-corrected chi connectivity index (χ0v) is 15.1. The van der Waals surface area contributed by atoms with E-state index in [0.717, 1.165) is 0 Å². The van der Waals surface area contributed by atoms with Crippen molar-refractivity contribution in [2.24, 2.45) is 5.92 Å². The summed E-state index contributed by atoms with van der Waals surface area (Å²) in [4.78, 5) is 24.1. The van der Waals surface area contributed by atoms with Crippen LogP contribution in [0.4, 0.5) is 11.4 Å². The molecule has 2 aromatic carbocycles. The van der Waals surface area contributed by atoms with E-state index in [1.807, 2.05) is 13.8 Å². The Morgan fingerprint density at radius 3 is 2.12 bits per heavy atom. The summed E-state index contributed by atoms with van der Waals surface area (Å²) in [6.07, 6.45) is -0.728. The van der Waals surface area contributed by atoms with Crippen molar-refractivity contribution in [1.82, 2.24) is 0 Å². The molecule has 0 saturated carbocycles. The van der Waals surface area contributed by atoms with Crippen LogP contribution >= 0.6 is 11.6 Å². The summed E-state index contributed by atoms with van der Waals surface area (Å²) in [6, 6.07) is 13.9. The highest BCUT2D eigenvalue weighted by molar-refractivity contribution is 6.32. The monoisotopic (exact) mass is 360 g/mol. The van der Waals surface area contributed by atoms with Crippen LogP contribution in [0.5, 0.6) is 5.75 Å². The minimum Gasteiger partial charge on any atom is -0.479 e. The Morgan fingerprint density at radius 2 is 1.52 bits per heavy atom. The van der Waals surface area contributed by atoms with Crippen LogP contribution in [0, 0.1) is 5.92 Å². The van der Waals surface area contributed by atoms with Gasteiger partial charge in [-0.3, -0.25) is 9.59 Å². The molecular formula is C19H21ClN2O3. The van der Waals surface area contributed by atoms with E-state index in [2.05, 4.69) is 10.6 Å². The van der Waals surface area contributed by atoms with E-state index >= 15 is 0 Å². The van der Waals surface area contributed by atoms with Gasteiger partial charge in [0.15, 0.2) is 6.10 Å². The molecule has 0 aliphatic carbocycles. The molecule has 0 bridgehead atoms. The molecule has 6 heteroatoms. The number of halogens is 1. The number of rotatable bonds is 6. The van der Waals surface area contributed by atoms with Gasteiger partial charge in [0.05, 0.1) is 5.02 Å². The first-order chi connectivity index (χ1) is 11.9. The quantitative estimate of drug-likeness (QED) is 0.805. The Labute approximate surface area is 152 Å². The van der Waals surface area contributed by atoms with Gasteiger partial charge in [0.2, 0.25) is 5.91 Å². The number of benzene rings is 2. The van der Waals surface area contributed by atoms with Gasteiger partial charge in [0, 0.05) is 17.3 Å². The average molecular weight is 361 g/mol. The molecule has 0 aliphatic rings. The first-order valence-corrected chi connectivity index (χ1v) is 8.37. The van der Waals surface area contributed by atoms with Crippen LogP contribution < -0.4 is 15.4 Å². The van der Waals surface area contributed by atoms with Crippen molar-refractivity contribution in [2.45, 2.75) is 26.9 Å². The standard InChI is InChI=1S/C19H21ClN2O3/c1-12(2)18(23)21-14-7-6-8-15(11-14)22-19(24)13(3)25-17-10-5-4-9-16(17)20/h4-13H,1-3H3,(H,21,23)(H,22,24). The number of para-hydroxylation sites is 1. The van der Waals surface area contributed by atoms with Gasteiger partial charge in [-0.05, 0) is 37.3 Å². The lowest BCUT2D eigenvalue weighted by Crippen LogP contribution is -2.30. The van der Waals surface area contributed by atoms with Gasteiger partial charge in [-0.2, -0.15) is 0 Å². The van der Waals surface area contributed by atoms with Crippen molar-refractivity contribution in [3.05, 3.63) is 53.6 Å². The molecule has 1 unspecified atom stereocenters. The molecular weight excluding hydrogens is 340 g/mol. The smallest absolute Gasteiger partial charge is 0.265 e. The number of amides is 2. The second kappa shape index (κ2) is 8.53. The van der Waals surface area contributed by atoms with Gasteiger partial charge in [-0.1, -0.05) is 43.6 Å². The minimum absolute atomic E-state index is 0.0844. The van der Waals surface area contributed by atoms with Gasteiger partial charge in [0.25, 0.3) is 5.91 Å². The van der Waals surface area contributed by atoms with Gasteiger partial charge in [-0.25, -0.2) is 0 Å². The largest absolute Gasteiger partial charge is 0.479 e. The maximum Gasteiger partial charge on any atom is 0.265 e. The highest BCUT2D eigenvalue weighted by Crippen LogP contribution is 2.24. The predicted molar refractivity (Wildman–Crippen MR) is 100 cm³/mol.